The van der Waals surface area contributed by atoms with Gasteiger partial charge in [-0.3, -0.25) is 19.3 Å². The van der Waals surface area contributed by atoms with E-state index in [1.807, 2.05) is 26.8 Å². The zero-order valence-corrected chi connectivity index (χ0v) is 15.3. The Morgan fingerprint density at radius 3 is 2.48 bits per heavy atom. The van der Waals surface area contributed by atoms with Gasteiger partial charge in [0.1, 0.15) is 12.3 Å². The highest BCUT2D eigenvalue weighted by atomic mass is 16.2. The summed E-state index contributed by atoms with van der Waals surface area (Å²) in [4.78, 5) is 49.1. The van der Waals surface area contributed by atoms with Gasteiger partial charge in [-0.1, -0.05) is 39.3 Å². The molecule has 0 saturated heterocycles. The number of hydrogen-bond acceptors (Lipinski definition) is 4. The summed E-state index contributed by atoms with van der Waals surface area (Å²) in [6.07, 6.45) is 2.44. The van der Waals surface area contributed by atoms with E-state index >= 15 is 0 Å². The number of rotatable bonds is 7. The van der Waals surface area contributed by atoms with Gasteiger partial charge in [-0.25, -0.2) is 0 Å². The Labute approximate surface area is 148 Å². The van der Waals surface area contributed by atoms with Gasteiger partial charge in [0.15, 0.2) is 0 Å². The van der Waals surface area contributed by atoms with Crippen LogP contribution < -0.4 is 5.32 Å². The van der Waals surface area contributed by atoms with Crippen molar-refractivity contribution in [3.63, 3.8) is 0 Å². The van der Waals surface area contributed by atoms with Crippen molar-refractivity contribution >= 4 is 24.0 Å². The summed E-state index contributed by atoms with van der Waals surface area (Å²) in [6.45, 7) is 6.00. The van der Waals surface area contributed by atoms with Gasteiger partial charge in [0.2, 0.25) is 5.91 Å². The predicted molar refractivity (Wildman–Crippen MR) is 95.4 cm³/mol. The minimum Gasteiger partial charge on any atom is -0.357 e. The lowest BCUT2D eigenvalue weighted by molar-refractivity contribution is -0.124. The highest BCUT2D eigenvalue weighted by Crippen LogP contribution is 2.29. The van der Waals surface area contributed by atoms with Crippen LogP contribution in [-0.2, 0) is 16.0 Å². The molecule has 2 rings (SSSR count). The molecule has 0 fully saturated rings. The number of nitrogens with one attached hydrogen (secondary N) is 1. The van der Waals surface area contributed by atoms with Crippen molar-refractivity contribution in [2.45, 2.75) is 52.5 Å². The Bertz CT molecular complexity index is 655. The lowest BCUT2D eigenvalue weighted by atomic mass is 9.99. The summed E-state index contributed by atoms with van der Waals surface area (Å²) in [5, 5.41) is 2.46. The van der Waals surface area contributed by atoms with Gasteiger partial charge < -0.3 is 10.1 Å². The summed E-state index contributed by atoms with van der Waals surface area (Å²) >= 11 is 0. The molecule has 1 aliphatic rings. The van der Waals surface area contributed by atoms with Crippen LogP contribution in [0.1, 0.15) is 66.3 Å². The third-order valence-electron chi connectivity index (χ3n) is 3.97. The number of carbonyl (C=O) groups is 4. The second-order valence-corrected chi connectivity index (χ2v) is 5.44. The minimum atomic E-state index is -0.966. The molecule has 25 heavy (non-hydrogen) atoms. The topological polar surface area (TPSA) is 83.6 Å². The summed E-state index contributed by atoms with van der Waals surface area (Å²) in [7, 11) is 1.44. The Hall–Kier alpha value is -2.50. The molecule has 3 amide bonds. The van der Waals surface area contributed by atoms with Crippen LogP contribution in [0.2, 0.25) is 0 Å². The van der Waals surface area contributed by atoms with E-state index in [4.69, 9.17) is 0 Å². The van der Waals surface area contributed by atoms with Gasteiger partial charge in [0.05, 0.1) is 11.1 Å². The SMILES string of the molecule is CC.CCCc1cccc2c1C(=O)N(C(CCC=O)C(=O)NC)C2=O. The number of imide groups is 1. The lowest BCUT2D eigenvalue weighted by Crippen LogP contribution is -2.48. The van der Waals surface area contributed by atoms with Gasteiger partial charge in [-0.2, -0.15) is 0 Å². The quantitative estimate of drug-likeness (QED) is 0.607. The standard InChI is InChI=1S/C17H20N2O4.C2H6/c1-3-6-11-7-4-8-12-14(11)17(23)19(16(12)22)13(9-5-10-20)15(21)18-2;1-2/h4,7-8,10,13H,3,5-6,9H2,1-2H3,(H,18,21);1-2H3. The van der Waals surface area contributed by atoms with E-state index in [0.717, 1.165) is 16.9 Å². The number of amides is 3. The molecule has 1 aromatic rings. The number of hydrogen-bond donors (Lipinski definition) is 1. The van der Waals surface area contributed by atoms with E-state index in [1.165, 1.54) is 7.05 Å². The fourth-order valence-electron chi connectivity index (χ4n) is 2.90. The summed E-state index contributed by atoms with van der Waals surface area (Å²) in [6, 6.07) is 4.22. The molecule has 0 saturated carbocycles. The normalized spacial score (nSPS) is 13.7. The molecule has 1 N–H and O–H groups in total. The molecule has 1 unspecified atom stereocenters. The maximum atomic E-state index is 12.8. The van der Waals surface area contributed by atoms with Crippen molar-refractivity contribution in [3.8, 4) is 0 Å². The van der Waals surface area contributed by atoms with E-state index in [2.05, 4.69) is 5.32 Å². The molecule has 1 heterocycles. The molecular formula is C19H26N2O4. The Kier molecular flexibility index (Phi) is 7.98. The Morgan fingerprint density at radius 1 is 1.24 bits per heavy atom. The largest absolute Gasteiger partial charge is 0.357 e. The number of benzene rings is 1. The van der Waals surface area contributed by atoms with Crippen LogP contribution in [0.15, 0.2) is 18.2 Å². The van der Waals surface area contributed by atoms with Crippen LogP contribution in [0.4, 0.5) is 0 Å². The molecule has 6 nitrogen and oxygen atoms in total. The summed E-state index contributed by atoms with van der Waals surface area (Å²) in [5.74, 6) is -1.37. The molecule has 0 aliphatic carbocycles. The number of nitrogens with zero attached hydrogens (tertiary/aromatic N) is 1. The second kappa shape index (κ2) is 9.71. The third kappa shape index (κ3) is 4.13. The van der Waals surface area contributed by atoms with Crippen molar-refractivity contribution in [2.24, 2.45) is 0 Å². The molecule has 0 aromatic heterocycles. The predicted octanol–water partition coefficient (Wildman–Crippen LogP) is 2.36. The van der Waals surface area contributed by atoms with Gasteiger partial charge in [-0.05, 0) is 24.5 Å². The van der Waals surface area contributed by atoms with Crippen LogP contribution in [0.25, 0.3) is 0 Å². The van der Waals surface area contributed by atoms with Crippen molar-refractivity contribution in [2.75, 3.05) is 7.05 Å². The maximum absolute atomic E-state index is 12.8. The molecule has 1 atom stereocenters. The Morgan fingerprint density at radius 2 is 1.92 bits per heavy atom. The van der Waals surface area contributed by atoms with E-state index in [0.29, 0.717) is 23.8 Å². The van der Waals surface area contributed by atoms with Gasteiger partial charge >= 0.3 is 0 Å². The highest BCUT2D eigenvalue weighted by molar-refractivity contribution is 6.23. The summed E-state index contributed by atoms with van der Waals surface area (Å²) < 4.78 is 0. The molecule has 0 spiro atoms. The number of fused-ring (bicyclic) bond motifs is 1. The van der Waals surface area contributed by atoms with Crippen LogP contribution >= 0.6 is 0 Å². The Balaban J connectivity index is 0.00000151. The second-order valence-electron chi connectivity index (χ2n) is 5.44. The average Bonchev–Trinajstić information content (AvgIpc) is 2.89. The van der Waals surface area contributed by atoms with Crippen molar-refractivity contribution in [1.82, 2.24) is 10.2 Å². The van der Waals surface area contributed by atoms with Gasteiger partial charge in [0, 0.05) is 13.5 Å². The number of aldehydes is 1. The molecule has 6 heteroatoms. The zero-order valence-electron chi connectivity index (χ0n) is 15.3. The molecule has 1 aromatic carbocycles. The van der Waals surface area contributed by atoms with Crippen molar-refractivity contribution in [1.29, 1.82) is 0 Å². The van der Waals surface area contributed by atoms with E-state index in [-0.39, 0.29) is 12.8 Å². The fraction of sp³-hybridized carbons (Fsp3) is 0.474. The molecule has 0 radical (unpaired) electrons. The monoisotopic (exact) mass is 346 g/mol. The van der Waals surface area contributed by atoms with Gasteiger partial charge in [-0.15, -0.1) is 0 Å². The first-order chi connectivity index (χ1) is 12.1. The van der Waals surface area contributed by atoms with E-state index < -0.39 is 23.8 Å². The average molecular weight is 346 g/mol. The smallest absolute Gasteiger partial charge is 0.262 e. The molecule has 1 aliphatic heterocycles. The number of carbonyl (C=O) groups excluding carboxylic acids is 4. The first kappa shape index (κ1) is 20.5. The van der Waals surface area contributed by atoms with Gasteiger partial charge in [0.25, 0.3) is 11.8 Å². The number of aryl methyl sites for hydroxylation is 1. The lowest BCUT2D eigenvalue weighted by Gasteiger charge is -2.24. The maximum Gasteiger partial charge on any atom is 0.262 e. The van der Waals surface area contributed by atoms with E-state index in [9.17, 15) is 19.2 Å². The minimum absolute atomic E-state index is 0.104. The first-order valence-electron chi connectivity index (χ1n) is 8.71. The zero-order chi connectivity index (χ0) is 19.0. The fourth-order valence-corrected chi connectivity index (χ4v) is 2.90. The van der Waals surface area contributed by atoms with Crippen LogP contribution in [0.5, 0.6) is 0 Å². The summed E-state index contributed by atoms with van der Waals surface area (Å²) in [5.41, 5.74) is 1.54. The molecule has 0 bridgehead atoms. The van der Waals surface area contributed by atoms with Crippen LogP contribution in [-0.4, -0.2) is 42.0 Å². The highest BCUT2D eigenvalue weighted by Gasteiger charge is 2.43. The third-order valence-corrected chi connectivity index (χ3v) is 3.97. The molecule has 136 valence electrons. The van der Waals surface area contributed by atoms with Crippen molar-refractivity contribution in [3.05, 3.63) is 34.9 Å². The number of likely N-dealkylation sites (N-methyl/N-ethyl adjacent to an activating group) is 1. The van der Waals surface area contributed by atoms with Crippen LogP contribution in [0, 0.1) is 0 Å². The molecular weight excluding hydrogens is 320 g/mol. The van der Waals surface area contributed by atoms with Crippen LogP contribution in [0.3, 0.4) is 0 Å². The first-order valence-corrected chi connectivity index (χ1v) is 8.71. The van der Waals surface area contributed by atoms with Crippen molar-refractivity contribution < 1.29 is 19.2 Å². The van der Waals surface area contributed by atoms with E-state index in [1.54, 1.807) is 12.1 Å².